The minimum Gasteiger partial charge on any atom is -0.308 e. The number of rotatable bonds is 4. The Hall–Kier alpha value is -3.35. The number of hydrogen-bond donors (Lipinski definition) is 1. The average Bonchev–Trinajstić information content (AvgIpc) is 2.55. The Balaban J connectivity index is 1.79. The highest BCUT2D eigenvalue weighted by Crippen LogP contribution is 2.20. The zero-order valence-corrected chi connectivity index (χ0v) is 12.0. The molecule has 0 saturated heterocycles. The zero-order valence-electron chi connectivity index (χ0n) is 12.0. The predicted octanol–water partition coefficient (Wildman–Crippen LogP) is 2.72. The van der Waals surface area contributed by atoms with Crippen LogP contribution in [0.3, 0.4) is 0 Å². The van der Waals surface area contributed by atoms with E-state index in [2.05, 4.69) is 15.5 Å². The average molecular weight is 308 g/mol. The van der Waals surface area contributed by atoms with Crippen molar-refractivity contribution in [2.45, 2.75) is 6.42 Å². The van der Waals surface area contributed by atoms with Gasteiger partial charge < -0.3 is 5.32 Å². The summed E-state index contributed by atoms with van der Waals surface area (Å²) in [5, 5.41) is 22.9. The number of nitro benzene ring substituents is 1. The van der Waals surface area contributed by atoms with Gasteiger partial charge in [-0.3, -0.25) is 14.9 Å². The summed E-state index contributed by atoms with van der Waals surface area (Å²) in [6.45, 7) is 0. The molecular formula is C16H12N4O3. The predicted molar refractivity (Wildman–Crippen MR) is 85.0 cm³/mol. The van der Waals surface area contributed by atoms with Gasteiger partial charge in [-0.15, -0.1) is 5.10 Å². The van der Waals surface area contributed by atoms with Crippen molar-refractivity contribution in [1.82, 2.24) is 10.2 Å². The van der Waals surface area contributed by atoms with E-state index in [0.717, 1.165) is 10.8 Å². The molecule has 0 aliphatic rings. The van der Waals surface area contributed by atoms with E-state index in [9.17, 15) is 14.9 Å². The van der Waals surface area contributed by atoms with Crippen LogP contribution in [0.1, 0.15) is 5.56 Å². The Kier molecular flexibility index (Phi) is 3.92. The molecule has 0 spiro atoms. The lowest BCUT2D eigenvalue weighted by Crippen LogP contribution is -2.16. The highest BCUT2D eigenvalue weighted by Gasteiger charge is 2.11. The van der Waals surface area contributed by atoms with Crippen LogP contribution in [0.2, 0.25) is 0 Å². The first-order valence-electron chi connectivity index (χ1n) is 6.87. The molecule has 1 N–H and O–H groups in total. The van der Waals surface area contributed by atoms with E-state index in [1.165, 1.54) is 12.1 Å². The molecule has 0 radical (unpaired) electrons. The molecular weight excluding hydrogens is 296 g/mol. The Morgan fingerprint density at radius 3 is 2.83 bits per heavy atom. The van der Waals surface area contributed by atoms with Crippen LogP contribution in [-0.4, -0.2) is 21.0 Å². The third-order valence-corrected chi connectivity index (χ3v) is 3.31. The van der Waals surface area contributed by atoms with E-state index in [-0.39, 0.29) is 18.0 Å². The van der Waals surface area contributed by atoms with Gasteiger partial charge in [-0.1, -0.05) is 36.4 Å². The second-order valence-electron chi connectivity index (χ2n) is 4.93. The van der Waals surface area contributed by atoms with Crippen molar-refractivity contribution in [3.8, 4) is 0 Å². The van der Waals surface area contributed by atoms with Gasteiger partial charge in [0.05, 0.1) is 17.5 Å². The van der Waals surface area contributed by atoms with Gasteiger partial charge in [0.25, 0.3) is 5.69 Å². The number of carbonyl (C=O) groups excluding carboxylic acids is 1. The molecule has 1 amide bonds. The Labute approximate surface area is 131 Å². The molecule has 1 aromatic heterocycles. The molecule has 0 aliphatic heterocycles. The number of non-ortho nitro benzene ring substituents is 1. The second-order valence-corrected chi connectivity index (χ2v) is 4.93. The van der Waals surface area contributed by atoms with Crippen molar-refractivity contribution in [2.24, 2.45) is 0 Å². The zero-order chi connectivity index (χ0) is 16.2. The van der Waals surface area contributed by atoms with Gasteiger partial charge in [-0.05, 0) is 5.56 Å². The summed E-state index contributed by atoms with van der Waals surface area (Å²) in [6.07, 6.45) is 1.64. The first-order chi connectivity index (χ1) is 11.1. The normalized spacial score (nSPS) is 10.4. The van der Waals surface area contributed by atoms with Crippen molar-refractivity contribution >= 4 is 28.2 Å². The summed E-state index contributed by atoms with van der Waals surface area (Å²) < 4.78 is 0. The number of benzene rings is 2. The topological polar surface area (TPSA) is 98.0 Å². The molecule has 7 heteroatoms. The molecule has 7 nitrogen and oxygen atoms in total. The maximum Gasteiger partial charge on any atom is 0.269 e. The number of nitrogens with zero attached hydrogens (tertiary/aromatic N) is 3. The third-order valence-electron chi connectivity index (χ3n) is 3.31. The number of amides is 1. The molecule has 0 bridgehead atoms. The van der Waals surface area contributed by atoms with E-state index in [0.29, 0.717) is 11.4 Å². The summed E-state index contributed by atoms with van der Waals surface area (Å²) >= 11 is 0. The summed E-state index contributed by atoms with van der Waals surface area (Å²) in [5.41, 5.74) is 0.519. The number of fused-ring (bicyclic) bond motifs is 1. The largest absolute Gasteiger partial charge is 0.308 e. The fourth-order valence-electron chi connectivity index (χ4n) is 2.26. The van der Waals surface area contributed by atoms with Gasteiger partial charge in [0, 0.05) is 22.9 Å². The third kappa shape index (κ3) is 3.29. The van der Waals surface area contributed by atoms with E-state index >= 15 is 0 Å². The van der Waals surface area contributed by atoms with Gasteiger partial charge in [0.1, 0.15) is 0 Å². The molecule has 3 rings (SSSR count). The second kappa shape index (κ2) is 6.18. The smallest absolute Gasteiger partial charge is 0.269 e. The Bertz CT molecular complexity index is 890. The van der Waals surface area contributed by atoms with Crippen molar-refractivity contribution < 1.29 is 9.72 Å². The van der Waals surface area contributed by atoms with Crippen molar-refractivity contribution in [3.05, 3.63) is 70.4 Å². The van der Waals surface area contributed by atoms with Crippen LogP contribution in [0.25, 0.3) is 10.8 Å². The van der Waals surface area contributed by atoms with Crippen LogP contribution in [0.15, 0.2) is 54.7 Å². The maximum atomic E-state index is 12.2. The van der Waals surface area contributed by atoms with E-state index in [1.54, 1.807) is 18.3 Å². The summed E-state index contributed by atoms with van der Waals surface area (Å²) in [6, 6.07) is 13.4. The number of nitrogens with one attached hydrogen (secondary N) is 1. The lowest BCUT2D eigenvalue weighted by molar-refractivity contribution is -0.384. The van der Waals surface area contributed by atoms with Crippen LogP contribution in [0, 0.1) is 10.1 Å². The summed E-state index contributed by atoms with van der Waals surface area (Å²) in [4.78, 5) is 22.4. The van der Waals surface area contributed by atoms with Gasteiger partial charge in [0.2, 0.25) is 5.91 Å². The summed E-state index contributed by atoms with van der Waals surface area (Å²) in [5.74, 6) is 0.0645. The highest BCUT2D eigenvalue weighted by molar-refractivity contribution is 6.00. The van der Waals surface area contributed by atoms with Crippen molar-refractivity contribution in [3.63, 3.8) is 0 Å². The number of anilines is 1. The SMILES string of the molecule is O=C(Cc1cccc([N+](=O)[O-])c1)Nc1nncc2ccccc12. The lowest BCUT2D eigenvalue weighted by Gasteiger charge is -2.06. The number of hydrogen-bond acceptors (Lipinski definition) is 5. The molecule has 3 aromatic rings. The van der Waals surface area contributed by atoms with Gasteiger partial charge in [-0.25, -0.2) is 0 Å². The van der Waals surface area contributed by atoms with Crippen molar-refractivity contribution in [1.29, 1.82) is 0 Å². The number of carbonyl (C=O) groups is 1. The molecule has 0 unspecified atom stereocenters. The van der Waals surface area contributed by atoms with Crippen LogP contribution >= 0.6 is 0 Å². The summed E-state index contributed by atoms with van der Waals surface area (Å²) in [7, 11) is 0. The quantitative estimate of drug-likeness (QED) is 0.590. The first-order valence-corrected chi connectivity index (χ1v) is 6.87. The van der Waals surface area contributed by atoms with Crippen LogP contribution in [0.4, 0.5) is 11.5 Å². The first kappa shape index (κ1) is 14.6. The molecule has 0 fully saturated rings. The molecule has 1 heterocycles. The van der Waals surface area contributed by atoms with E-state index in [4.69, 9.17) is 0 Å². The minimum atomic E-state index is -0.489. The molecule has 23 heavy (non-hydrogen) atoms. The number of nitro groups is 1. The number of aromatic nitrogens is 2. The van der Waals surface area contributed by atoms with Crippen LogP contribution < -0.4 is 5.32 Å². The van der Waals surface area contributed by atoms with Gasteiger partial charge in [0.15, 0.2) is 5.82 Å². The Morgan fingerprint density at radius 1 is 1.17 bits per heavy atom. The molecule has 0 saturated carbocycles. The maximum absolute atomic E-state index is 12.2. The standard InChI is InChI=1S/C16H12N4O3/c21-15(9-11-4-3-6-13(8-11)20(22)23)18-16-14-7-2-1-5-12(14)10-17-19-16/h1-8,10H,9H2,(H,18,19,21). The fourth-order valence-corrected chi connectivity index (χ4v) is 2.26. The highest BCUT2D eigenvalue weighted by atomic mass is 16.6. The minimum absolute atomic E-state index is 0.0204. The molecule has 114 valence electrons. The van der Waals surface area contributed by atoms with Gasteiger partial charge >= 0.3 is 0 Å². The van der Waals surface area contributed by atoms with E-state index < -0.39 is 4.92 Å². The van der Waals surface area contributed by atoms with Crippen LogP contribution in [0.5, 0.6) is 0 Å². The molecule has 0 aliphatic carbocycles. The van der Waals surface area contributed by atoms with Crippen molar-refractivity contribution in [2.75, 3.05) is 5.32 Å². The monoisotopic (exact) mass is 308 g/mol. The Morgan fingerprint density at radius 2 is 2.00 bits per heavy atom. The van der Waals surface area contributed by atoms with Gasteiger partial charge in [-0.2, -0.15) is 5.10 Å². The molecule has 0 atom stereocenters. The van der Waals surface area contributed by atoms with E-state index in [1.807, 2.05) is 24.3 Å². The lowest BCUT2D eigenvalue weighted by atomic mass is 10.1. The van der Waals surface area contributed by atoms with Crippen LogP contribution in [-0.2, 0) is 11.2 Å². The molecule has 2 aromatic carbocycles. The fraction of sp³-hybridized carbons (Fsp3) is 0.0625.